The van der Waals surface area contributed by atoms with E-state index in [-0.39, 0.29) is 5.78 Å². The number of hydrogen-bond donors (Lipinski definition) is 0. The molecule has 0 aromatic heterocycles. The van der Waals surface area contributed by atoms with E-state index in [0.29, 0.717) is 33.0 Å². The zero-order chi connectivity index (χ0) is 15.5. The molecule has 1 aromatic rings. The number of carbonyl (C=O) groups excluding carboxylic acids is 1. The largest absolute Gasteiger partial charge is 0.380 e. The Morgan fingerprint density at radius 2 is 1.76 bits per heavy atom. The van der Waals surface area contributed by atoms with Crippen LogP contribution in [0.3, 0.4) is 0 Å². The summed E-state index contributed by atoms with van der Waals surface area (Å²) in [6.07, 6.45) is 0. The second kappa shape index (κ2) is 10.9. The van der Waals surface area contributed by atoms with Crippen molar-refractivity contribution in [3.8, 4) is 0 Å². The molecule has 0 bridgehead atoms. The first-order valence-electron chi connectivity index (χ1n) is 7.34. The fourth-order valence-electron chi connectivity index (χ4n) is 1.90. The number of Topliss-reactive ketones (excluding diaryl/α,β-unsaturated/α-hetero) is 1. The van der Waals surface area contributed by atoms with Gasteiger partial charge in [0.2, 0.25) is 0 Å². The average Bonchev–Trinajstić information content (AvgIpc) is 2.47. The van der Waals surface area contributed by atoms with Gasteiger partial charge in [0.05, 0.1) is 19.8 Å². The second-order valence-electron chi connectivity index (χ2n) is 4.60. The van der Waals surface area contributed by atoms with E-state index < -0.39 is 0 Å². The minimum absolute atomic E-state index is 0.115. The number of ether oxygens (including phenoxy) is 2. The minimum Gasteiger partial charge on any atom is -0.380 e. The summed E-state index contributed by atoms with van der Waals surface area (Å²) in [4.78, 5) is 14.4. The third-order valence-corrected chi connectivity index (χ3v) is 3.52. The van der Waals surface area contributed by atoms with Gasteiger partial charge in [-0.15, -0.1) is 0 Å². The van der Waals surface area contributed by atoms with Crippen LogP contribution in [0.25, 0.3) is 0 Å². The van der Waals surface area contributed by atoms with Crippen LogP contribution in [0, 0.1) is 0 Å². The van der Waals surface area contributed by atoms with Crippen LogP contribution in [0.1, 0.15) is 24.2 Å². The molecule has 0 atom stereocenters. The van der Waals surface area contributed by atoms with Crippen molar-refractivity contribution in [2.24, 2.45) is 0 Å². The van der Waals surface area contributed by atoms with E-state index in [0.717, 1.165) is 23.1 Å². The molecule has 0 aliphatic rings. The van der Waals surface area contributed by atoms with Crippen molar-refractivity contribution < 1.29 is 14.3 Å². The molecule has 0 saturated carbocycles. The van der Waals surface area contributed by atoms with Gasteiger partial charge in [-0.05, 0) is 26.0 Å². The molecule has 5 heteroatoms. The molecule has 21 heavy (non-hydrogen) atoms. The highest BCUT2D eigenvalue weighted by Gasteiger charge is 2.12. The van der Waals surface area contributed by atoms with Gasteiger partial charge < -0.3 is 9.47 Å². The highest BCUT2D eigenvalue weighted by atomic mass is 79.9. The van der Waals surface area contributed by atoms with Crippen molar-refractivity contribution in [1.29, 1.82) is 0 Å². The summed E-state index contributed by atoms with van der Waals surface area (Å²) in [6.45, 7) is 8.45. The molecule has 4 nitrogen and oxygen atoms in total. The molecular weight excluding hydrogens is 334 g/mol. The quantitative estimate of drug-likeness (QED) is 0.450. The number of benzene rings is 1. The Balaban J connectivity index is 2.54. The van der Waals surface area contributed by atoms with E-state index in [1.54, 1.807) is 0 Å². The number of halogens is 1. The lowest BCUT2D eigenvalue weighted by Crippen LogP contribution is -2.35. The van der Waals surface area contributed by atoms with Crippen LogP contribution in [0.2, 0.25) is 0 Å². The maximum absolute atomic E-state index is 12.3. The average molecular weight is 358 g/mol. The highest BCUT2D eigenvalue weighted by molar-refractivity contribution is 9.10. The summed E-state index contributed by atoms with van der Waals surface area (Å²) in [5, 5.41) is 0. The third-order valence-electron chi connectivity index (χ3n) is 3.03. The Hall–Kier alpha value is -0.750. The molecule has 0 aliphatic carbocycles. The number of hydrogen-bond acceptors (Lipinski definition) is 4. The van der Waals surface area contributed by atoms with Crippen molar-refractivity contribution in [2.45, 2.75) is 13.8 Å². The van der Waals surface area contributed by atoms with E-state index in [4.69, 9.17) is 9.47 Å². The molecular formula is C16H24BrNO3. The molecule has 0 spiro atoms. The summed E-state index contributed by atoms with van der Waals surface area (Å²) in [7, 11) is 0. The monoisotopic (exact) mass is 357 g/mol. The first-order valence-corrected chi connectivity index (χ1v) is 8.13. The topological polar surface area (TPSA) is 38.8 Å². The summed E-state index contributed by atoms with van der Waals surface area (Å²) < 4.78 is 11.7. The fraction of sp³-hybridized carbons (Fsp3) is 0.562. The Bertz CT molecular complexity index is 416. The molecule has 0 radical (unpaired) electrons. The lowest BCUT2D eigenvalue weighted by molar-refractivity contribution is 0.0725. The molecule has 0 unspecified atom stereocenters. The Kier molecular flexibility index (Phi) is 9.50. The van der Waals surface area contributed by atoms with Crippen LogP contribution >= 0.6 is 15.9 Å². The van der Waals surface area contributed by atoms with Gasteiger partial charge >= 0.3 is 0 Å². The Morgan fingerprint density at radius 1 is 1.14 bits per heavy atom. The minimum atomic E-state index is 0.115. The smallest absolute Gasteiger partial charge is 0.176 e. The van der Waals surface area contributed by atoms with Gasteiger partial charge in [-0.1, -0.05) is 28.1 Å². The van der Waals surface area contributed by atoms with Gasteiger partial charge in [-0.25, -0.2) is 0 Å². The van der Waals surface area contributed by atoms with Gasteiger partial charge in [0, 0.05) is 36.3 Å². The van der Waals surface area contributed by atoms with E-state index in [2.05, 4.69) is 20.8 Å². The summed E-state index contributed by atoms with van der Waals surface area (Å²) >= 11 is 3.39. The lowest BCUT2D eigenvalue weighted by atomic mass is 10.1. The molecule has 0 amide bonds. The van der Waals surface area contributed by atoms with Crippen molar-refractivity contribution in [1.82, 2.24) is 4.90 Å². The standard InChI is InChI=1S/C16H24BrNO3/c1-3-20-10-8-18(9-11-21-4-2)13-16(19)14-6-5-7-15(17)12-14/h5-7,12H,3-4,8-11,13H2,1-2H3. The highest BCUT2D eigenvalue weighted by Crippen LogP contribution is 2.12. The Labute approximate surface area is 135 Å². The number of rotatable bonds is 11. The van der Waals surface area contributed by atoms with Gasteiger partial charge in [0.15, 0.2) is 5.78 Å². The molecule has 0 saturated heterocycles. The van der Waals surface area contributed by atoms with Gasteiger partial charge in [-0.2, -0.15) is 0 Å². The van der Waals surface area contributed by atoms with E-state index in [1.807, 2.05) is 38.1 Å². The van der Waals surface area contributed by atoms with Crippen LogP contribution in [0.4, 0.5) is 0 Å². The molecule has 118 valence electrons. The maximum atomic E-state index is 12.3. The van der Waals surface area contributed by atoms with Crippen LogP contribution in [0.5, 0.6) is 0 Å². The first kappa shape index (κ1) is 18.3. The molecule has 1 aromatic carbocycles. The third kappa shape index (κ3) is 7.71. The number of nitrogens with zero attached hydrogens (tertiary/aromatic N) is 1. The fourth-order valence-corrected chi connectivity index (χ4v) is 2.30. The SMILES string of the molecule is CCOCCN(CCOCC)CC(=O)c1cccc(Br)c1. The predicted octanol–water partition coefficient (Wildman–Crippen LogP) is 3.01. The van der Waals surface area contributed by atoms with E-state index in [1.165, 1.54) is 0 Å². The van der Waals surface area contributed by atoms with Crippen LogP contribution in [0.15, 0.2) is 28.7 Å². The van der Waals surface area contributed by atoms with Gasteiger partial charge in [-0.3, -0.25) is 9.69 Å². The van der Waals surface area contributed by atoms with Crippen molar-refractivity contribution in [3.05, 3.63) is 34.3 Å². The van der Waals surface area contributed by atoms with Crippen LogP contribution in [-0.4, -0.2) is 56.7 Å². The lowest BCUT2D eigenvalue weighted by Gasteiger charge is -2.21. The molecule has 1 rings (SSSR count). The summed E-state index contributed by atoms with van der Waals surface area (Å²) in [6, 6.07) is 7.49. The van der Waals surface area contributed by atoms with Gasteiger partial charge in [0.1, 0.15) is 0 Å². The van der Waals surface area contributed by atoms with Crippen molar-refractivity contribution in [3.63, 3.8) is 0 Å². The Morgan fingerprint density at radius 3 is 2.29 bits per heavy atom. The van der Waals surface area contributed by atoms with E-state index >= 15 is 0 Å². The zero-order valence-corrected chi connectivity index (χ0v) is 14.4. The molecule has 0 aliphatic heterocycles. The normalized spacial score (nSPS) is 11.0. The summed E-state index contributed by atoms with van der Waals surface area (Å²) in [5.74, 6) is 0.115. The molecule has 0 heterocycles. The van der Waals surface area contributed by atoms with E-state index in [9.17, 15) is 4.79 Å². The second-order valence-corrected chi connectivity index (χ2v) is 5.52. The van der Waals surface area contributed by atoms with Gasteiger partial charge in [0.25, 0.3) is 0 Å². The predicted molar refractivity (Wildman–Crippen MR) is 87.9 cm³/mol. The van der Waals surface area contributed by atoms with Crippen LogP contribution in [-0.2, 0) is 9.47 Å². The number of carbonyl (C=O) groups is 1. The maximum Gasteiger partial charge on any atom is 0.176 e. The number of ketones is 1. The molecule has 0 fully saturated rings. The summed E-state index contributed by atoms with van der Waals surface area (Å²) in [5.41, 5.74) is 0.724. The first-order chi connectivity index (χ1) is 10.2. The zero-order valence-electron chi connectivity index (χ0n) is 12.8. The van der Waals surface area contributed by atoms with Crippen molar-refractivity contribution >= 4 is 21.7 Å². The van der Waals surface area contributed by atoms with Crippen LogP contribution < -0.4 is 0 Å². The van der Waals surface area contributed by atoms with Crippen molar-refractivity contribution in [2.75, 3.05) is 46.1 Å². The molecule has 0 N–H and O–H groups in total.